The summed E-state index contributed by atoms with van der Waals surface area (Å²) < 4.78 is 8.79. The molecule has 4 rings (SSSR count). The monoisotopic (exact) mass is 341 g/mol. The Hall–Kier alpha value is -2.27. The first-order chi connectivity index (χ1) is 10.1. The smallest absolute Gasteiger partial charge is 0.157 e. The number of aryl methyl sites for hydroxylation is 1. The Morgan fingerprint density at radius 3 is 2.81 bits per heavy atom. The van der Waals surface area contributed by atoms with Crippen LogP contribution >= 0.6 is 15.9 Å². The van der Waals surface area contributed by atoms with Crippen LogP contribution in [0.3, 0.4) is 0 Å². The summed E-state index contributed by atoms with van der Waals surface area (Å²) in [5.41, 5.74) is 9.61. The summed E-state index contributed by atoms with van der Waals surface area (Å²) in [5.74, 6) is 1.27. The molecule has 5 heteroatoms. The summed E-state index contributed by atoms with van der Waals surface area (Å²) in [5, 5.41) is 1.04. The van der Waals surface area contributed by atoms with Crippen molar-refractivity contribution in [3.8, 4) is 11.5 Å². The van der Waals surface area contributed by atoms with E-state index < -0.39 is 0 Å². The number of hydrogen-bond acceptors (Lipinski definition) is 3. The third-order valence-corrected chi connectivity index (χ3v) is 4.50. The van der Waals surface area contributed by atoms with Crippen molar-refractivity contribution < 1.29 is 4.42 Å². The standard InChI is InChI=1S/C16H12BrN3O/c1-9-11(17)6-7-14-19-15(16(18)20(9)14)13-8-10-4-2-3-5-12(10)21-13/h2-8H,18H2,1H3. The lowest BCUT2D eigenvalue weighted by atomic mass is 10.2. The van der Waals surface area contributed by atoms with Gasteiger partial charge in [-0.15, -0.1) is 0 Å². The molecule has 0 saturated carbocycles. The van der Waals surface area contributed by atoms with E-state index in [-0.39, 0.29) is 0 Å². The van der Waals surface area contributed by atoms with Gasteiger partial charge in [-0.05, 0) is 47.1 Å². The van der Waals surface area contributed by atoms with Crippen molar-refractivity contribution in [2.24, 2.45) is 0 Å². The molecule has 0 radical (unpaired) electrons. The lowest BCUT2D eigenvalue weighted by Gasteiger charge is -2.03. The van der Waals surface area contributed by atoms with Crippen molar-refractivity contribution in [3.05, 3.63) is 52.6 Å². The van der Waals surface area contributed by atoms with Crippen LogP contribution in [0.5, 0.6) is 0 Å². The maximum absolute atomic E-state index is 6.28. The number of rotatable bonds is 1. The molecule has 4 nitrogen and oxygen atoms in total. The Labute approximate surface area is 129 Å². The zero-order chi connectivity index (χ0) is 14.6. The molecule has 0 spiro atoms. The highest BCUT2D eigenvalue weighted by Gasteiger charge is 2.17. The molecule has 0 aliphatic rings. The first-order valence-electron chi connectivity index (χ1n) is 6.57. The van der Waals surface area contributed by atoms with Gasteiger partial charge in [0.05, 0.1) is 0 Å². The highest BCUT2D eigenvalue weighted by atomic mass is 79.9. The Bertz CT molecular complexity index is 951. The molecular weight excluding hydrogens is 330 g/mol. The normalized spacial score (nSPS) is 11.5. The largest absolute Gasteiger partial charge is 0.454 e. The third kappa shape index (κ3) is 1.77. The fraction of sp³-hybridized carbons (Fsp3) is 0.0625. The van der Waals surface area contributed by atoms with Gasteiger partial charge in [-0.3, -0.25) is 4.40 Å². The van der Waals surface area contributed by atoms with Crippen LogP contribution in [0.25, 0.3) is 28.1 Å². The summed E-state index contributed by atoms with van der Waals surface area (Å²) in [6.07, 6.45) is 0. The third-order valence-electron chi connectivity index (χ3n) is 3.66. The minimum absolute atomic E-state index is 0.586. The van der Waals surface area contributed by atoms with Crippen LogP contribution in [0.4, 0.5) is 5.82 Å². The molecule has 0 aliphatic heterocycles. The Balaban J connectivity index is 2.02. The summed E-state index contributed by atoms with van der Waals surface area (Å²) in [4.78, 5) is 4.60. The van der Waals surface area contributed by atoms with Gasteiger partial charge >= 0.3 is 0 Å². The van der Waals surface area contributed by atoms with Crippen LogP contribution < -0.4 is 5.73 Å². The number of pyridine rings is 1. The van der Waals surface area contributed by atoms with Crippen molar-refractivity contribution in [1.29, 1.82) is 0 Å². The highest BCUT2D eigenvalue weighted by Crippen LogP contribution is 2.33. The van der Waals surface area contributed by atoms with Gasteiger partial charge in [-0.1, -0.05) is 18.2 Å². The van der Waals surface area contributed by atoms with E-state index in [0.717, 1.165) is 26.8 Å². The fourth-order valence-electron chi connectivity index (χ4n) is 2.57. The van der Waals surface area contributed by atoms with E-state index in [9.17, 15) is 0 Å². The van der Waals surface area contributed by atoms with Crippen molar-refractivity contribution in [2.45, 2.75) is 6.92 Å². The SMILES string of the molecule is Cc1c(Br)ccc2nc(-c3cc4ccccc4o3)c(N)n12. The summed E-state index contributed by atoms with van der Waals surface area (Å²) in [6, 6.07) is 13.7. The number of hydrogen-bond donors (Lipinski definition) is 1. The van der Waals surface area contributed by atoms with E-state index in [1.54, 1.807) is 0 Å². The molecule has 21 heavy (non-hydrogen) atoms. The van der Waals surface area contributed by atoms with Crippen molar-refractivity contribution in [1.82, 2.24) is 9.38 Å². The second kappa shape index (κ2) is 4.36. The van der Waals surface area contributed by atoms with Gasteiger partial charge in [0.25, 0.3) is 0 Å². The summed E-state index contributed by atoms with van der Waals surface area (Å²) in [6.45, 7) is 2.00. The average molecular weight is 342 g/mol. The topological polar surface area (TPSA) is 56.5 Å². The van der Waals surface area contributed by atoms with Crippen molar-refractivity contribution in [3.63, 3.8) is 0 Å². The molecule has 0 amide bonds. The Morgan fingerprint density at radius 1 is 1.19 bits per heavy atom. The number of halogens is 1. The van der Waals surface area contributed by atoms with Crippen LogP contribution in [0.1, 0.15) is 5.69 Å². The molecule has 3 heterocycles. The average Bonchev–Trinajstić information content (AvgIpc) is 3.04. The molecule has 3 aromatic heterocycles. The van der Waals surface area contributed by atoms with Gasteiger partial charge in [0.2, 0.25) is 0 Å². The molecule has 2 N–H and O–H groups in total. The number of imidazole rings is 1. The minimum Gasteiger partial charge on any atom is -0.454 e. The first kappa shape index (κ1) is 12.5. The molecule has 4 aromatic rings. The summed E-state index contributed by atoms with van der Waals surface area (Å²) >= 11 is 3.52. The quantitative estimate of drug-likeness (QED) is 0.558. The van der Waals surface area contributed by atoms with Crippen molar-refractivity contribution >= 4 is 38.4 Å². The highest BCUT2D eigenvalue weighted by molar-refractivity contribution is 9.10. The van der Waals surface area contributed by atoms with Gasteiger partial charge < -0.3 is 10.2 Å². The van der Waals surface area contributed by atoms with E-state index >= 15 is 0 Å². The second-order valence-corrected chi connectivity index (χ2v) is 5.81. The molecule has 104 valence electrons. The number of para-hydroxylation sites is 1. The summed E-state index contributed by atoms with van der Waals surface area (Å²) in [7, 11) is 0. The zero-order valence-corrected chi connectivity index (χ0v) is 12.9. The fourth-order valence-corrected chi connectivity index (χ4v) is 2.88. The number of nitrogens with zero attached hydrogens (tertiary/aromatic N) is 2. The van der Waals surface area contributed by atoms with Crippen LogP contribution in [-0.2, 0) is 0 Å². The minimum atomic E-state index is 0.586. The molecule has 0 bridgehead atoms. The number of nitrogens with two attached hydrogens (primary N) is 1. The van der Waals surface area contributed by atoms with Crippen LogP contribution in [0, 0.1) is 6.92 Å². The Kier molecular flexibility index (Phi) is 2.59. The van der Waals surface area contributed by atoms with Gasteiger partial charge in [-0.25, -0.2) is 4.98 Å². The number of furan rings is 1. The zero-order valence-electron chi connectivity index (χ0n) is 11.3. The van der Waals surface area contributed by atoms with Gasteiger partial charge in [0.15, 0.2) is 5.76 Å². The van der Waals surface area contributed by atoms with Crippen molar-refractivity contribution in [2.75, 3.05) is 5.73 Å². The predicted molar refractivity (Wildman–Crippen MR) is 87.2 cm³/mol. The van der Waals surface area contributed by atoms with Gasteiger partial charge in [0, 0.05) is 15.6 Å². The van der Waals surface area contributed by atoms with Gasteiger partial charge in [0.1, 0.15) is 22.7 Å². The van der Waals surface area contributed by atoms with E-state index in [0.29, 0.717) is 17.3 Å². The first-order valence-corrected chi connectivity index (χ1v) is 7.36. The number of nitrogen functional groups attached to an aromatic ring is 1. The van der Waals surface area contributed by atoms with E-state index in [1.807, 2.05) is 53.8 Å². The maximum Gasteiger partial charge on any atom is 0.157 e. The lowest BCUT2D eigenvalue weighted by Crippen LogP contribution is -1.98. The van der Waals surface area contributed by atoms with Crippen LogP contribution in [-0.4, -0.2) is 9.38 Å². The maximum atomic E-state index is 6.28. The molecule has 0 saturated heterocycles. The number of aromatic nitrogens is 2. The van der Waals surface area contributed by atoms with E-state index in [1.165, 1.54) is 0 Å². The lowest BCUT2D eigenvalue weighted by molar-refractivity contribution is 0.629. The van der Waals surface area contributed by atoms with Crippen LogP contribution in [0.15, 0.2) is 51.4 Å². The van der Waals surface area contributed by atoms with E-state index in [4.69, 9.17) is 10.2 Å². The predicted octanol–water partition coefficient (Wildman–Crippen LogP) is 4.40. The van der Waals surface area contributed by atoms with Crippen LogP contribution in [0.2, 0.25) is 0 Å². The molecule has 0 unspecified atom stereocenters. The second-order valence-electron chi connectivity index (χ2n) is 4.95. The molecular formula is C16H12BrN3O. The molecule has 1 aromatic carbocycles. The number of fused-ring (bicyclic) bond motifs is 2. The molecule has 0 atom stereocenters. The Morgan fingerprint density at radius 2 is 2.00 bits per heavy atom. The molecule has 0 aliphatic carbocycles. The number of anilines is 1. The van der Waals surface area contributed by atoms with Gasteiger partial charge in [-0.2, -0.15) is 0 Å². The molecule has 0 fully saturated rings. The number of benzene rings is 1. The van der Waals surface area contributed by atoms with E-state index in [2.05, 4.69) is 20.9 Å².